The molecule has 1 N–H and O–H groups in total. The number of carbonyl (C=O) groups is 1. The van der Waals surface area contributed by atoms with Crippen LogP contribution < -0.4 is 5.32 Å². The van der Waals surface area contributed by atoms with Crippen molar-refractivity contribution in [3.63, 3.8) is 0 Å². The number of likely N-dealkylation sites (tertiary alicyclic amines) is 1. The zero-order chi connectivity index (χ0) is 17.6. The summed E-state index contributed by atoms with van der Waals surface area (Å²) in [5.74, 6) is -0.0298. The number of piperidine rings is 1. The number of nitrogens with zero attached hydrogens (tertiary/aromatic N) is 1. The fourth-order valence-corrected chi connectivity index (χ4v) is 3.75. The molecule has 0 spiro atoms. The van der Waals surface area contributed by atoms with Crippen LogP contribution in [0.15, 0.2) is 48.5 Å². The summed E-state index contributed by atoms with van der Waals surface area (Å²) < 4.78 is 0. The number of rotatable bonds is 5. The summed E-state index contributed by atoms with van der Waals surface area (Å²) in [5, 5.41) is 3.88. The van der Waals surface area contributed by atoms with Crippen LogP contribution in [0, 0.1) is 6.92 Å². The maximum absolute atomic E-state index is 12.5. The Balaban J connectivity index is 1.75. The summed E-state index contributed by atoms with van der Waals surface area (Å²) >= 11 is 6.45. The van der Waals surface area contributed by atoms with Crippen molar-refractivity contribution < 1.29 is 4.79 Å². The molecule has 3 nitrogen and oxygen atoms in total. The molecule has 132 valence electrons. The van der Waals surface area contributed by atoms with Gasteiger partial charge in [0.25, 0.3) is 5.91 Å². The molecule has 0 unspecified atom stereocenters. The van der Waals surface area contributed by atoms with Gasteiger partial charge < -0.3 is 5.32 Å². The maximum atomic E-state index is 12.5. The molecule has 2 aromatic rings. The van der Waals surface area contributed by atoms with Gasteiger partial charge in [0.05, 0.1) is 6.04 Å². The van der Waals surface area contributed by atoms with Gasteiger partial charge in [0, 0.05) is 17.1 Å². The molecule has 1 aliphatic heterocycles. The zero-order valence-electron chi connectivity index (χ0n) is 14.7. The lowest BCUT2D eigenvalue weighted by Gasteiger charge is -2.35. The minimum atomic E-state index is -0.0298. The number of benzene rings is 2. The van der Waals surface area contributed by atoms with Crippen LogP contribution in [-0.4, -0.2) is 30.4 Å². The zero-order valence-corrected chi connectivity index (χ0v) is 15.4. The average molecular weight is 357 g/mol. The Bertz CT molecular complexity index is 725. The average Bonchev–Trinajstić information content (AvgIpc) is 2.64. The molecule has 0 bridgehead atoms. The predicted molar refractivity (Wildman–Crippen MR) is 103 cm³/mol. The lowest BCUT2D eigenvalue weighted by atomic mass is 10.0. The Labute approximate surface area is 155 Å². The molecule has 2 aromatic carbocycles. The molecule has 1 amide bonds. The second-order valence-corrected chi connectivity index (χ2v) is 7.12. The Hall–Kier alpha value is -1.84. The topological polar surface area (TPSA) is 32.3 Å². The maximum Gasteiger partial charge on any atom is 0.251 e. The lowest BCUT2D eigenvalue weighted by Crippen LogP contribution is -2.40. The number of hydrogen-bond acceptors (Lipinski definition) is 2. The molecule has 0 radical (unpaired) electrons. The molecule has 0 aromatic heterocycles. The van der Waals surface area contributed by atoms with E-state index in [0.717, 1.165) is 29.2 Å². The minimum absolute atomic E-state index is 0.0298. The molecule has 1 heterocycles. The van der Waals surface area contributed by atoms with Gasteiger partial charge in [-0.3, -0.25) is 9.69 Å². The molecule has 1 atom stereocenters. The van der Waals surface area contributed by atoms with Crippen molar-refractivity contribution in [2.45, 2.75) is 32.2 Å². The second kappa shape index (κ2) is 8.50. The number of aryl methyl sites for hydroxylation is 1. The highest BCUT2D eigenvalue weighted by Gasteiger charge is 2.24. The van der Waals surface area contributed by atoms with E-state index in [0.29, 0.717) is 12.1 Å². The van der Waals surface area contributed by atoms with E-state index in [4.69, 9.17) is 11.6 Å². The van der Waals surface area contributed by atoms with Gasteiger partial charge in [-0.15, -0.1) is 0 Å². The predicted octanol–water partition coefficient (Wildman–Crippen LogP) is 4.61. The van der Waals surface area contributed by atoms with Crippen LogP contribution in [0.1, 0.15) is 46.8 Å². The first-order valence-corrected chi connectivity index (χ1v) is 9.36. The van der Waals surface area contributed by atoms with Crippen molar-refractivity contribution in [3.05, 3.63) is 70.2 Å². The van der Waals surface area contributed by atoms with E-state index in [1.54, 1.807) is 0 Å². The quantitative estimate of drug-likeness (QED) is 0.848. The first-order valence-electron chi connectivity index (χ1n) is 8.98. The van der Waals surface area contributed by atoms with E-state index in [9.17, 15) is 4.79 Å². The number of carbonyl (C=O) groups excluding carboxylic acids is 1. The largest absolute Gasteiger partial charge is 0.350 e. The van der Waals surface area contributed by atoms with E-state index >= 15 is 0 Å². The van der Waals surface area contributed by atoms with E-state index in [2.05, 4.69) is 16.3 Å². The second-order valence-electron chi connectivity index (χ2n) is 6.71. The first-order chi connectivity index (χ1) is 12.1. The Kier molecular flexibility index (Phi) is 6.11. The van der Waals surface area contributed by atoms with Crippen LogP contribution >= 0.6 is 11.6 Å². The molecule has 1 fully saturated rings. The SMILES string of the molecule is Cc1cccc(C(=O)NC[C@H](c2ccccc2Cl)N2CCCCC2)c1. The molecule has 3 rings (SSSR count). The van der Waals surface area contributed by atoms with Gasteiger partial charge in [-0.2, -0.15) is 0 Å². The van der Waals surface area contributed by atoms with Crippen LogP contribution in [0.5, 0.6) is 0 Å². The third kappa shape index (κ3) is 4.62. The highest BCUT2D eigenvalue weighted by Crippen LogP contribution is 2.29. The summed E-state index contributed by atoms with van der Waals surface area (Å²) in [5.41, 5.74) is 2.89. The number of nitrogens with one attached hydrogen (secondary N) is 1. The van der Waals surface area contributed by atoms with Crippen molar-refractivity contribution >= 4 is 17.5 Å². The number of halogens is 1. The highest BCUT2D eigenvalue weighted by atomic mass is 35.5. The van der Waals surface area contributed by atoms with Crippen LogP contribution in [-0.2, 0) is 0 Å². The third-order valence-electron chi connectivity index (χ3n) is 4.83. The lowest BCUT2D eigenvalue weighted by molar-refractivity contribution is 0.0924. The Morgan fingerprint density at radius 1 is 1.12 bits per heavy atom. The van der Waals surface area contributed by atoms with E-state index < -0.39 is 0 Å². The van der Waals surface area contributed by atoms with Gasteiger partial charge in [0.2, 0.25) is 0 Å². The van der Waals surface area contributed by atoms with Crippen molar-refractivity contribution in [3.8, 4) is 0 Å². The van der Waals surface area contributed by atoms with Crippen LogP contribution in [0.3, 0.4) is 0 Å². The van der Waals surface area contributed by atoms with Gasteiger partial charge in [0.1, 0.15) is 0 Å². The summed E-state index contributed by atoms with van der Waals surface area (Å²) in [6.45, 7) is 4.67. The highest BCUT2D eigenvalue weighted by molar-refractivity contribution is 6.31. The van der Waals surface area contributed by atoms with Crippen molar-refractivity contribution in [1.82, 2.24) is 10.2 Å². The first kappa shape index (κ1) is 18.0. The van der Waals surface area contributed by atoms with Gasteiger partial charge in [-0.25, -0.2) is 0 Å². The molecule has 25 heavy (non-hydrogen) atoms. The molecular formula is C21H25ClN2O. The number of amides is 1. The van der Waals surface area contributed by atoms with E-state index in [-0.39, 0.29) is 11.9 Å². The fraction of sp³-hybridized carbons (Fsp3) is 0.381. The Morgan fingerprint density at radius 3 is 2.60 bits per heavy atom. The fourth-order valence-electron chi connectivity index (χ4n) is 3.49. The van der Waals surface area contributed by atoms with Crippen LogP contribution in [0.4, 0.5) is 0 Å². The standard InChI is InChI=1S/C21H25ClN2O/c1-16-8-7-9-17(14-16)21(25)23-15-20(24-12-5-2-6-13-24)18-10-3-4-11-19(18)22/h3-4,7-11,14,20H,2,5-6,12-13,15H2,1H3,(H,23,25)/t20-/m1/s1. The molecule has 4 heteroatoms. The van der Waals surface area contributed by atoms with Crippen molar-refractivity contribution in [1.29, 1.82) is 0 Å². The van der Waals surface area contributed by atoms with Crippen LogP contribution in [0.2, 0.25) is 5.02 Å². The summed E-state index contributed by atoms with van der Waals surface area (Å²) in [4.78, 5) is 15.0. The summed E-state index contributed by atoms with van der Waals surface area (Å²) in [7, 11) is 0. The van der Waals surface area contributed by atoms with Crippen molar-refractivity contribution in [2.24, 2.45) is 0 Å². The van der Waals surface area contributed by atoms with Gasteiger partial charge in [0.15, 0.2) is 0 Å². The monoisotopic (exact) mass is 356 g/mol. The summed E-state index contributed by atoms with van der Waals surface area (Å²) in [6, 6.07) is 15.8. The summed E-state index contributed by atoms with van der Waals surface area (Å²) in [6.07, 6.45) is 3.68. The number of hydrogen-bond donors (Lipinski definition) is 1. The molecule has 0 aliphatic carbocycles. The third-order valence-corrected chi connectivity index (χ3v) is 5.18. The Morgan fingerprint density at radius 2 is 1.88 bits per heavy atom. The smallest absolute Gasteiger partial charge is 0.251 e. The van der Waals surface area contributed by atoms with E-state index in [1.165, 1.54) is 19.3 Å². The van der Waals surface area contributed by atoms with E-state index in [1.807, 2.05) is 49.4 Å². The van der Waals surface area contributed by atoms with Gasteiger partial charge in [-0.05, 0) is 56.6 Å². The molecule has 1 aliphatic rings. The van der Waals surface area contributed by atoms with Gasteiger partial charge in [-0.1, -0.05) is 53.9 Å². The molecule has 1 saturated heterocycles. The van der Waals surface area contributed by atoms with Crippen molar-refractivity contribution in [2.75, 3.05) is 19.6 Å². The molecule has 0 saturated carbocycles. The van der Waals surface area contributed by atoms with Crippen LogP contribution in [0.25, 0.3) is 0 Å². The van der Waals surface area contributed by atoms with Gasteiger partial charge >= 0.3 is 0 Å². The normalized spacial score (nSPS) is 16.4. The molecular weight excluding hydrogens is 332 g/mol. The minimum Gasteiger partial charge on any atom is -0.350 e.